The minimum absolute atomic E-state index is 0.0561. The van der Waals surface area contributed by atoms with E-state index in [0.29, 0.717) is 19.4 Å². The van der Waals surface area contributed by atoms with Crippen LogP contribution < -0.4 is 5.73 Å². The highest BCUT2D eigenvalue weighted by Gasteiger charge is 2.25. The fourth-order valence-electron chi connectivity index (χ4n) is 2.15. The molecule has 1 amide bonds. The molecule has 0 saturated carbocycles. The third-order valence-corrected chi connectivity index (χ3v) is 3.98. The predicted molar refractivity (Wildman–Crippen MR) is 89.1 cm³/mol. The van der Waals surface area contributed by atoms with Crippen LogP contribution in [0.2, 0.25) is 0 Å². The first kappa shape index (κ1) is 20.4. The van der Waals surface area contributed by atoms with E-state index >= 15 is 0 Å². The van der Waals surface area contributed by atoms with Gasteiger partial charge in [0.2, 0.25) is 5.91 Å². The van der Waals surface area contributed by atoms with Crippen LogP contribution in [-0.2, 0) is 4.79 Å². The average molecular weight is 300 g/mol. The fourth-order valence-corrected chi connectivity index (χ4v) is 2.15. The summed E-state index contributed by atoms with van der Waals surface area (Å²) in [7, 11) is 0. The molecule has 0 aromatic heterocycles. The molecule has 0 heterocycles. The number of unbranched alkanes of at least 4 members (excludes halogenated alkanes) is 4. The highest BCUT2D eigenvalue weighted by molar-refractivity contribution is 5.76. The quantitative estimate of drug-likeness (QED) is 0.577. The second kappa shape index (κ2) is 11.0. The van der Waals surface area contributed by atoms with Gasteiger partial charge in [-0.1, -0.05) is 53.4 Å². The predicted octanol–water partition coefficient (Wildman–Crippen LogP) is 2.93. The molecule has 0 aromatic carbocycles. The van der Waals surface area contributed by atoms with Gasteiger partial charge in [-0.2, -0.15) is 0 Å². The third-order valence-electron chi connectivity index (χ3n) is 3.98. The summed E-state index contributed by atoms with van der Waals surface area (Å²) >= 11 is 0. The number of carbonyl (C=O) groups is 1. The Labute approximate surface area is 131 Å². The van der Waals surface area contributed by atoms with Crippen molar-refractivity contribution in [2.45, 2.75) is 78.7 Å². The number of hydrogen-bond donors (Lipinski definition) is 2. The lowest BCUT2D eigenvalue weighted by atomic mass is 9.85. The first-order chi connectivity index (χ1) is 9.82. The van der Waals surface area contributed by atoms with Gasteiger partial charge in [-0.25, -0.2) is 0 Å². The Morgan fingerprint density at radius 1 is 1.10 bits per heavy atom. The number of hydrogen-bond acceptors (Lipinski definition) is 3. The van der Waals surface area contributed by atoms with Gasteiger partial charge in [0.25, 0.3) is 0 Å². The molecule has 4 heteroatoms. The van der Waals surface area contributed by atoms with Crippen LogP contribution in [0.25, 0.3) is 0 Å². The summed E-state index contributed by atoms with van der Waals surface area (Å²) in [6.07, 6.45) is 6.98. The van der Waals surface area contributed by atoms with Crippen molar-refractivity contribution in [1.82, 2.24) is 4.90 Å². The molecule has 0 radical (unpaired) electrons. The van der Waals surface area contributed by atoms with E-state index in [-0.39, 0.29) is 24.0 Å². The van der Waals surface area contributed by atoms with E-state index in [9.17, 15) is 4.79 Å². The van der Waals surface area contributed by atoms with Crippen molar-refractivity contribution in [3.63, 3.8) is 0 Å². The SMILES string of the molecule is CCCCCCCN(CCCO)C(=O)CC(N)C(C)(C)C. The molecule has 0 aliphatic heterocycles. The van der Waals surface area contributed by atoms with Crippen molar-refractivity contribution in [3.05, 3.63) is 0 Å². The summed E-state index contributed by atoms with van der Waals surface area (Å²) in [5.74, 6) is 0.126. The van der Waals surface area contributed by atoms with E-state index in [4.69, 9.17) is 10.8 Å². The van der Waals surface area contributed by atoms with Gasteiger partial charge in [0, 0.05) is 32.2 Å². The first-order valence-electron chi connectivity index (χ1n) is 8.47. The molecule has 3 N–H and O–H groups in total. The van der Waals surface area contributed by atoms with Crippen molar-refractivity contribution in [2.24, 2.45) is 11.1 Å². The maximum Gasteiger partial charge on any atom is 0.224 e. The van der Waals surface area contributed by atoms with E-state index in [1.54, 1.807) is 0 Å². The molecule has 21 heavy (non-hydrogen) atoms. The molecule has 0 spiro atoms. The Morgan fingerprint density at radius 2 is 1.67 bits per heavy atom. The largest absolute Gasteiger partial charge is 0.396 e. The number of aliphatic hydroxyl groups excluding tert-OH is 1. The molecule has 0 aliphatic rings. The van der Waals surface area contributed by atoms with Crippen LogP contribution in [0.5, 0.6) is 0 Å². The van der Waals surface area contributed by atoms with Gasteiger partial charge in [0.15, 0.2) is 0 Å². The topological polar surface area (TPSA) is 66.6 Å². The summed E-state index contributed by atoms with van der Waals surface area (Å²) in [5, 5.41) is 8.99. The van der Waals surface area contributed by atoms with Crippen LogP contribution in [0.4, 0.5) is 0 Å². The van der Waals surface area contributed by atoms with Gasteiger partial charge in [-0.15, -0.1) is 0 Å². The molecule has 0 aliphatic carbocycles. The lowest BCUT2D eigenvalue weighted by Gasteiger charge is -2.30. The summed E-state index contributed by atoms with van der Waals surface area (Å²) in [4.78, 5) is 14.3. The Bertz CT molecular complexity index is 274. The number of rotatable bonds is 11. The maximum atomic E-state index is 12.4. The van der Waals surface area contributed by atoms with Crippen LogP contribution >= 0.6 is 0 Å². The zero-order valence-electron chi connectivity index (χ0n) is 14.5. The number of aliphatic hydroxyl groups is 1. The van der Waals surface area contributed by atoms with Gasteiger partial charge in [0.05, 0.1) is 0 Å². The van der Waals surface area contributed by atoms with Gasteiger partial charge in [-0.05, 0) is 18.3 Å². The average Bonchev–Trinajstić information content (AvgIpc) is 2.40. The number of carbonyl (C=O) groups excluding carboxylic acids is 1. The standard InChI is InChI=1S/C17H36N2O2/c1-5-6-7-8-9-11-19(12-10-13-20)16(21)14-15(18)17(2,3)4/h15,20H,5-14,18H2,1-4H3. The van der Waals surface area contributed by atoms with Gasteiger partial charge >= 0.3 is 0 Å². The van der Waals surface area contributed by atoms with Crippen LogP contribution in [-0.4, -0.2) is 41.7 Å². The maximum absolute atomic E-state index is 12.4. The number of amides is 1. The summed E-state index contributed by atoms with van der Waals surface area (Å²) in [6, 6.07) is -0.123. The van der Waals surface area contributed by atoms with E-state index in [1.165, 1.54) is 25.7 Å². The Hall–Kier alpha value is -0.610. The smallest absolute Gasteiger partial charge is 0.224 e. The van der Waals surface area contributed by atoms with Crippen LogP contribution in [0.3, 0.4) is 0 Å². The lowest BCUT2D eigenvalue weighted by molar-refractivity contribution is -0.132. The number of nitrogens with zero attached hydrogens (tertiary/aromatic N) is 1. The third kappa shape index (κ3) is 9.86. The van der Waals surface area contributed by atoms with Crippen molar-refractivity contribution in [3.8, 4) is 0 Å². The van der Waals surface area contributed by atoms with E-state index in [2.05, 4.69) is 27.7 Å². The fraction of sp³-hybridized carbons (Fsp3) is 0.941. The molecule has 1 atom stereocenters. The van der Waals surface area contributed by atoms with Crippen molar-refractivity contribution >= 4 is 5.91 Å². The zero-order chi connectivity index (χ0) is 16.3. The van der Waals surface area contributed by atoms with Crippen molar-refractivity contribution in [1.29, 1.82) is 0 Å². The monoisotopic (exact) mass is 300 g/mol. The molecule has 0 bridgehead atoms. The molecular weight excluding hydrogens is 264 g/mol. The summed E-state index contributed by atoms with van der Waals surface area (Å²) in [5.41, 5.74) is 6.06. The molecule has 0 rings (SSSR count). The van der Waals surface area contributed by atoms with E-state index in [1.807, 2.05) is 4.90 Å². The minimum Gasteiger partial charge on any atom is -0.396 e. The van der Waals surface area contributed by atoms with Crippen LogP contribution in [0, 0.1) is 5.41 Å². The number of nitrogens with two attached hydrogens (primary N) is 1. The molecule has 0 aromatic rings. The highest BCUT2D eigenvalue weighted by atomic mass is 16.3. The zero-order valence-corrected chi connectivity index (χ0v) is 14.5. The minimum atomic E-state index is -0.123. The summed E-state index contributed by atoms with van der Waals surface area (Å²) < 4.78 is 0. The van der Waals surface area contributed by atoms with Crippen LogP contribution in [0.1, 0.15) is 72.6 Å². The summed E-state index contributed by atoms with van der Waals surface area (Å²) in [6.45, 7) is 9.95. The second-order valence-electron chi connectivity index (χ2n) is 7.05. The van der Waals surface area contributed by atoms with Gasteiger partial charge < -0.3 is 15.7 Å². The second-order valence-corrected chi connectivity index (χ2v) is 7.05. The Morgan fingerprint density at radius 3 is 2.19 bits per heavy atom. The highest BCUT2D eigenvalue weighted by Crippen LogP contribution is 2.20. The van der Waals surface area contributed by atoms with Crippen molar-refractivity contribution < 1.29 is 9.90 Å². The molecule has 1 unspecified atom stereocenters. The van der Waals surface area contributed by atoms with E-state index < -0.39 is 0 Å². The van der Waals surface area contributed by atoms with E-state index in [0.717, 1.165) is 13.0 Å². The van der Waals surface area contributed by atoms with Gasteiger partial charge in [0.1, 0.15) is 0 Å². The molecule has 0 saturated heterocycles. The molecular formula is C17H36N2O2. The normalized spacial score (nSPS) is 13.2. The molecule has 4 nitrogen and oxygen atoms in total. The lowest BCUT2D eigenvalue weighted by Crippen LogP contribution is -2.42. The molecule has 0 fully saturated rings. The Kier molecular flexibility index (Phi) is 10.7. The van der Waals surface area contributed by atoms with Crippen molar-refractivity contribution in [2.75, 3.05) is 19.7 Å². The first-order valence-corrected chi connectivity index (χ1v) is 8.47. The Balaban J connectivity index is 4.28. The van der Waals surface area contributed by atoms with Gasteiger partial charge in [-0.3, -0.25) is 4.79 Å². The van der Waals surface area contributed by atoms with Crippen LogP contribution in [0.15, 0.2) is 0 Å². The molecule has 126 valence electrons.